The molecular weight excluding hydrogens is 320 g/mol. The number of hydrogen-bond donors (Lipinski definition) is 0. The zero-order valence-electron chi connectivity index (χ0n) is 14.5. The van der Waals surface area contributed by atoms with Crippen molar-refractivity contribution in [3.63, 3.8) is 0 Å². The molecule has 2 atom stereocenters. The minimum Gasteiger partial charge on any atom is -0.497 e. The Bertz CT molecular complexity index is 748. The van der Waals surface area contributed by atoms with E-state index in [1.165, 1.54) is 24.3 Å². The van der Waals surface area contributed by atoms with Gasteiger partial charge in [0, 0.05) is 6.92 Å². The average Bonchev–Trinajstić information content (AvgIpc) is 2.90. The zero-order chi connectivity index (χ0) is 18.0. The molecule has 1 heterocycles. The van der Waals surface area contributed by atoms with Crippen LogP contribution in [0.25, 0.3) is 0 Å². The molecule has 1 fully saturated rings. The Balaban J connectivity index is 1.67. The standard InChI is InChI=1S/C20H22O5/c1-4-20(19(22)16(12-25-20)11-24-13(2)21)8-7-15-9-14-5-6-17(23-3)10-18(14)15/h4-6,10-11,15H,1,7-9,12H2,2-3H3/b16-11+/t15?,20-/m0/s1. The van der Waals surface area contributed by atoms with E-state index in [4.69, 9.17) is 14.2 Å². The van der Waals surface area contributed by atoms with E-state index in [1.54, 1.807) is 13.2 Å². The monoisotopic (exact) mass is 342 g/mol. The topological polar surface area (TPSA) is 61.8 Å². The Kier molecular flexibility index (Phi) is 4.77. The van der Waals surface area contributed by atoms with Crippen LogP contribution in [0.15, 0.2) is 42.7 Å². The third-order valence-electron chi connectivity index (χ3n) is 4.98. The molecule has 132 valence electrons. The van der Waals surface area contributed by atoms with Gasteiger partial charge in [0.25, 0.3) is 0 Å². The molecule has 1 unspecified atom stereocenters. The molecule has 5 nitrogen and oxygen atoms in total. The van der Waals surface area contributed by atoms with Crippen molar-refractivity contribution >= 4 is 11.8 Å². The Hall–Kier alpha value is -2.40. The Morgan fingerprint density at radius 1 is 1.48 bits per heavy atom. The Labute approximate surface area is 147 Å². The predicted octanol–water partition coefficient (Wildman–Crippen LogP) is 3.09. The minimum atomic E-state index is -1.03. The first-order valence-corrected chi connectivity index (χ1v) is 8.34. The molecule has 0 amide bonds. The molecular formula is C20H22O5. The number of ketones is 1. The van der Waals surface area contributed by atoms with Crippen molar-refractivity contribution < 1.29 is 23.8 Å². The highest BCUT2D eigenvalue weighted by Crippen LogP contribution is 2.43. The van der Waals surface area contributed by atoms with Crippen LogP contribution in [0.1, 0.15) is 36.8 Å². The quantitative estimate of drug-likeness (QED) is 0.344. The number of Topliss-reactive ketones (excluding diaryl/α,β-unsaturated/α-hetero) is 1. The lowest BCUT2D eigenvalue weighted by atomic mass is 9.73. The van der Waals surface area contributed by atoms with Gasteiger partial charge in [0.1, 0.15) is 17.6 Å². The highest BCUT2D eigenvalue weighted by atomic mass is 16.5. The van der Waals surface area contributed by atoms with Crippen LogP contribution in [0, 0.1) is 0 Å². The summed E-state index contributed by atoms with van der Waals surface area (Å²) in [5.74, 6) is 0.604. The number of benzene rings is 1. The van der Waals surface area contributed by atoms with E-state index in [0.717, 1.165) is 18.6 Å². The number of methoxy groups -OCH3 is 1. The lowest BCUT2D eigenvalue weighted by Gasteiger charge is -2.33. The molecule has 5 heteroatoms. The number of esters is 1. The van der Waals surface area contributed by atoms with Crippen molar-refractivity contribution in [2.24, 2.45) is 0 Å². The fourth-order valence-corrected chi connectivity index (χ4v) is 3.45. The van der Waals surface area contributed by atoms with Gasteiger partial charge in [-0.1, -0.05) is 18.7 Å². The first-order valence-electron chi connectivity index (χ1n) is 8.34. The van der Waals surface area contributed by atoms with Gasteiger partial charge in [0.2, 0.25) is 0 Å². The second kappa shape index (κ2) is 6.84. The summed E-state index contributed by atoms with van der Waals surface area (Å²) in [5.41, 5.74) is 1.94. The van der Waals surface area contributed by atoms with Crippen LogP contribution in [0.5, 0.6) is 5.75 Å². The summed E-state index contributed by atoms with van der Waals surface area (Å²) in [6.07, 6.45) is 5.12. The maximum Gasteiger partial charge on any atom is 0.307 e. The molecule has 2 aliphatic rings. The van der Waals surface area contributed by atoms with E-state index in [9.17, 15) is 9.59 Å². The molecule has 0 radical (unpaired) electrons. The van der Waals surface area contributed by atoms with Crippen LogP contribution in [0.4, 0.5) is 0 Å². The number of carbonyl (C=O) groups is 2. The lowest BCUT2D eigenvalue weighted by Crippen LogP contribution is -2.35. The first kappa shape index (κ1) is 17.4. The van der Waals surface area contributed by atoms with Gasteiger partial charge in [-0.25, -0.2) is 0 Å². The minimum absolute atomic E-state index is 0.132. The molecule has 0 aromatic heterocycles. The third kappa shape index (κ3) is 3.24. The molecule has 1 saturated heterocycles. The van der Waals surface area contributed by atoms with Crippen LogP contribution in [-0.4, -0.2) is 31.1 Å². The van der Waals surface area contributed by atoms with Gasteiger partial charge in [-0.3, -0.25) is 9.59 Å². The summed E-state index contributed by atoms with van der Waals surface area (Å²) >= 11 is 0. The second-order valence-corrected chi connectivity index (χ2v) is 6.47. The van der Waals surface area contributed by atoms with Crippen molar-refractivity contribution in [1.82, 2.24) is 0 Å². The van der Waals surface area contributed by atoms with Gasteiger partial charge in [-0.15, -0.1) is 0 Å². The van der Waals surface area contributed by atoms with E-state index in [2.05, 4.69) is 18.7 Å². The second-order valence-electron chi connectivity index (χ2n) is 6.47. The van der Waals surface area contributed by atoms with Gasteiger partial charge in [-0.05, 0) is 48.4 Å². The summed E-state index contributed by atoms with van der Waals surface area (Å²) < 4.78 is 15.8. The van der Waals surface area contributed by atoms with Crippen LogP contribution in [0.3, 0.4) is 0 Å². The summed E-state index contributed by atoms with van der Waals surface area (Å²) in [6, 6.07) is 6.12. The van der Waals surface area contributed by atoms with Crippen molar-refractivity contribution in [2.75, 3.05) is 13.7 Å². The van der Waals surface area contributed by atoms with Crippen LogP contribution in [-0.2, 0) is 25.5 Å². The van der Waals surface area contributed by atoms with Crippen molar-refractivity contribution in [1.29, 1.82) is 0 Å². The molecule has 1 aliphatic carbocycles. The van der Waals surface area contributed by atoms with Gasteiger partial charge >= 0.3 is 5.97 Å². The average molecular weight is 342 g/mol. The number of fused-ring (bicyclic) bond motifs is 1. The summed E-state index contributed by atoms with van der Waals surface area (Å²) in [7, 11) is 1.66. The number of ether oxygens (including phenoxy) is 3. The SMILES string of the molecule is C=C[C@@]1(CCC2Cc3ccc(OC)cc32)OC/C(=C\OC(C)=O)C1=O. The van der Waals surface area contributed by atoms with E-state index >= 15 is 0 Å². The normalized spacial score (nSPS) is 26.1. The van der Waals surface area contributed by atoms with Gasteiger partial charge in [0.05, 0.1) is 19.3 Å². The first-order chi connectivity index (χ1) is 12.0. The molecule has 1 aliphatic heterocycles. The smallest absolute Gasteiger partial charge is 0.307 e. The van der Waals surface area contributed by atoms with E-state index < -0.39 is 11.6 Å². The van der Waals surface area contributed by atoms with E-state index in [0.29, 0.717) is 17.9 Å². The highest BCUT2D eigenvalue weighted by molar-refractivity contribution is 6.05. The Morgan fingerprint density at radius 2 is 2.28 bits per heavy atom. The maximum atomic E-state index is 12.7. The zero-order valence-corrected chi connectivity index (χ0v) is 14.5. The van der Waals surface area contributed by atoms with Gasteiger partial charge < -0.3 is 14.2 Å². The molecule has 0 bridgehead atoms. The summed E-state index contributed by atoms with van der Waals surface area (Å²) in [5, 5.41) is 0. The number of rotatable bonds is 6. The highest BCUT2D eigenvalue weighted by Gasteiger charge is 2.45. The lowest BCUT2D eigenvalue weighted by molar-refractivity contribution is -0.135. The molecule has 1 aromatic carbocycles. The predicted molar refractivity (Wildman–Crippen MR) is 92.4 cm³/mol. The molecule has 0 saturated carbocycles. The summed E-state index contributed by atoms with van der Waals surface area (Å²) in [6.45, 7) is 5.21. The van der Waals surface area contributed by atoms with Gasteiger partial charge in [-0.2, -0.15) is 0 Å². The largest absolute Gasteiger partial charge is 0.497 e. The molecule has 25 heavy (non-hydrogen) atoms. The van der Waals surface area contributed by atoms with Crippen molar-refractivity contribution in [3.05, 3.63) is 53.8 Å². The van der Waals surface area contributed by atoms with Crippen LogP contribution >= 0.6 is 0 Å². The molecule has 3 rings (SSSR count). The molecule has 0 spiro atoms. The van der Waals surface area contributed by atoms with Crippen molar-refractivity contribution in [3.8, 4) is 5.75 Å². The summed E-state index contributed by atoms with van der Waals surface area (Å²) in [4.78, 5) is 23.6. The molecule has 0 N–H and O–H groups in total. The van der Waals surface area contributed by atoms with Crippen LogP contribution in [0.2, 0.25) is 0 Å². The molecule has 1 aromatic rings. The van der Waals surface area contributed by atoms with Crippen LogP contribution < -0.4 is 4.74 Å². The van der Waals surface area contributed by atoms with E-state index in [-0.39, 0.29) is 12.4 Å². The van der Waals surface area contributed by atoms with Crippen molar-refractivity contribution in [2.45, 2.75) is 37.7 Å². The number of hydrogen-bond acceptors (Lipinski definition) is 5. The maximum absolute atomic E-state index is 12.7. The number of carbonyl (C=O) groups excluding carboxylic acids is 2. The fourth-order valence-electron chi connectivity index (χ4n) is 3.45. The van der Waals surface area contributed by atoms with Gasteiger partial charge in [0.15, 0.2) is 5.78 Å². The Morgan fingerprint density at radius 3 is 2.96 bits per heavy atom. The van der Waals surface area contributed by atoms with E-state index in [1.807, 2.05) is 6.07 Å². The third-order valence-corrected chi connectivity index (χ3v) is 4.98. The fraction of sp³-hybridized carbons (Fsp3) is 0.400.